The molecule has 18 heavy (non-hydrogen) atoms. The highest BCUT2D eigenvalue weighted by molar-refractivity contribution is 9.10. The topological polar surface area (TPSA) is 38.3 Å². The van der Waals surface area contributed by atoms with Gasteiger partial charge in [-0.25, -0.2) is 4.79 Å². The molecule has 1 N–H and O–H groups in total. The summed E-state index contributed by atoms with van der Waals surface area (Å²) in [7, 11) is 1.45. The second-order valence-corrected chi connectivity index (χ2v) is 5.52. The Bertz CT molecular complexity index is 416. The number of nitrogens with one attached hydrogen (secondary N) is 1. The molecule has 1 saturated carbocycles. The number of carbonyl (C=O) groups excluding carboxylic acids is 1. The number of ether oxygens (including phenoxy) is 1. The van der Waals surface area contributed by atoms with Crippen molar-refractivity contribution in [1.29, 1.82) is 0 Å². The van der Waals surface area contributed by atoms with Gasteiger partial charge in [0.15, 0.2) is 0 Å². The van der Waals surface area contributed by atoms with Gasteiger partial charge in [0, 0.05) is 10.2 Å². The maximum atomic E-state index is 11.9. The monoisotopic (exact) mass is 311 g/mol. The van der Waals surface area contributed by atoms with Crippen LogP contribution in [0.3, 0.4) is 0 Å². The summed E-state index contributed by atoms with van der Waals surface area (Å²) in [6.07, 6.45) is 4.60. The quantitative estimate of drug-likeness (QED) is 0.864. The number of anilines is 1. The molecule has 1 atom stereocenters. The largest absolute Gasteiger partial charge is 0.467 e. The smallest absolute Gasteiger partial charge is 0.328 e. The summed E-state index contributed by atoms with van der Waals surface area (Å²) in [5.41, 5.74) is 0.944. The molecule has 4 heteroatoms. The molecule has 0 bridgehead atoms. The Hall–Kier alpha value is -1.03. The van der Waals surface area contributed by atoms with E-state index in [0.717, 1.165) is 23.0 Å². The molecule has 1 fully saturated rings. The summed E-state index contributed by atoms with van der Waals surface area (Å²) in [6, 6.07) is 7.60. The minimum absolute atomic E-state index is 0.169. The normalized spacial score (nSPS) is 17.4. The van der Waals surface area contributed by atoms with E-state index < -0.39 is 0 Å². The molecule has 0 saturated heterocycles. The van der Waals surface area contributed by atoms with E-state index in [1.165, 1.54) is 20.0 Å². The highest BCUT2D eigenvalue weighted by Gasteiger charge is 2.31. The standard InChI is InChI=1S/C14H18BrNO2/c1-18-14(17)13(10-6-2-3-7-10)16-12-9-5-4-8-11(12)15/h4-5,8-10,13,16H,2-3,6-7H2,1H3. The zero-order valence-corrected chi connectivity index (χ0v) is 12.1. The van der Waals surface area contributed by atoms with Crippen molar-refractivity contribution in [3.8, 4) is 0 Å². The first-order valence-corrected chi connectivity index (χ1v) is 7.10. The Morgan fingerprint density at radius 3 is 2.67 bits per heavy atom. The van der Waals surface area contributed by atoms with Gasteiger partial charge in [-0.1, -0.05) is 25.0 Å². The highest BCUT2D eigenvalue weighted by Crippen LogP contribution is 2.31. The molecule has 0 aliphatic heterocycles. The van der Waals surface area contributed by atoms with Crippen molar-refractivity contribution < 1.29 is 9.53 Å². The van der Waals surface area contributed by atoms with E-state index in [1.54, 1.807) is 0 Å². The third-order valence-electron chi connectivity index (χ3n) is 3.51. The molecule has 1 aromatic carbocycles. The fraction of sp³-hybridized carbons (Fsp3) is 0.500. The van der Waals surface area contributed by atoms with Crippen molar-refractivity contribution in [3.05, 3.63) is 28.7 Å². The van der Waals surface area contributed by atoms with Gasteiger partial charge < -0.3 is 10.1 Å². The van der Waals surface area contributed by atoms with Gasteiger partial charge in [-0.3, -0.25) is 0 Å². The zero-order valence-electron chi connectivity index (χ0n) is 10.5. The van der Waals surface area contributed by atoms with Crippen LogP contribution in [0.2, 0.25) is 0 Å². The number of hydrogen-bond acceptors (Lipinski definition) is 3. The third kappa shape index (κ3) is 3.05. The van der Waals surface area contributed by atoms with Crippen LogP contribution >= 0.6 is 15.9 Å². The molecule has 3 nitrogen and oxygen atoms in total. The lowest BCUT2D eigenvalue weighted by molar-refractivity contribution is -0.142. The lowest BCUT2D eigenvalue weighted by Crippen LogP contribution is -2.36. The van der Waals surface area contributed by atoms with Crippen LogP contribution in [0.4, 0.5) is 5.69 Å². The molecule has 98 valence electrons. The lowest BCUT2D eigenvalue weighted by Gasteiger charge is -2.23. The lowest BCUT2D eigenvalue weighted by atomic mass is 9.98. The van der Waals surface area contributed by atoms with Gasteiger partial charge in [0.25, 0.3) is 0 Å². The average Bonchev–Trinajstić information content (AvgIpc) is 2.90. The summed E-state index contributed by atoms with van der Waals surface area (Å²) in [6.45, 7) is 0. The van der Waals surface area contributed by atoms with Crippen molar-refractivity contribution >= 4 is 27.6 Å². The van der Waals surface area contributed by atoms with E-state index in [-0.39, 0.29) is 12.0 Å². The second-order valence-electron chi connectivity index (χ2n) is 4.67. The molecule has 0 amide bonds. The molecule has 1 aliphatic carbocycles. The van der Waals surface area contributed by atoms with Crippen molar-refractivity contribution in [2.45, 2.75) is 31.7 Å². The SMILES string of the molecule is COC(=O)C(Nc1ccccc1Br)C1CCCC1. The van der Waals surface area contributed by atoms with Crippen molar-refractivity contribution in [3.63, 3.8) is 0 Å². The molecule has 0 heterocycles. The first kappa shape index (κ1) is 13.4. The Kier molecular flexibility index (Phi) is 4.64. The van der Waals surface area contributed by atoms with Crippen LogP contribution < -0.4 is 5.32 Å². The minimum Gasteiger partial charge on any atom is -0.467 e. The first-order chi connectivity index (χ1) is 8.72. The Labute approximate surface area is 116 Å². The van der Waals surface area contributed by atoms with Crippen molar-refractivity contribution in [2.75, 3.05) is 12.4 Å². The first-order valence-electron chi connectivity index (χ1n) is 6.31. The van der Waals surface area contributed by atoms with Crippen LogP contribution in [0.1, 0.15) is 25.7 Å². The van der Waals surface area contributed by atoms with Gasteiger partial charge >= 0.3 is 5.97 Å². The maximum absolute atomic E-state index is 11.9. The number of halogens is 1. The van der Waals surface area contributed by atoms with Crippen LogP contribution in [0, 0.1) is 5.92 Å². The summed E-state index contributed by atoms with van der Waals surface area (Å²) < 4.78 is 5.89. The number of benzene rings is 1. The van der Waals surface area contributed by atoms with Gasteiger partial charge in [0.2, 0.25) is 0 Å². The molecule has 1 unspecified atom stereocenters. The number of esters is 1. The van der Waals surface area contributed by atoms with E-state index in [9.17, 15) is 4.79 Å². The van der Waals surface area contributed by atoms with E-state index in [4.69, 9.17) is 4.74 Å². The fourth-order valence-electron chi connectivity index (χ4n) is 2.53. The van der Waals surface area contributed by atoms with Crippen LogP contribution in [0.25, 0.3) is 0 Å². The molecule has 0 aromatic heterocycles. The van der Waals surface area contributed by atoms with Gasteiger partial charge in [0.05, 0.1) is 7.11 Å². The Balaban J connectivity index is 2.14. The van der Waals surface area contributed by atoms with E-state index in [1.807, 2.05) is 24.3 Å². The van der Waals surface area contributed by atoms with E-state index >= 15 is 0 Å². The molecular formula is C14H18BrNO2. The van der Waals surface area contributed by atoms with Gasteiger partial charge in [-0.15, -0.1) is 0 Å². The highest BCUT2D eigenvalue weighted by atomic mass is 79.9. The molecule has 1 aliphatic rings. The minimum atomic E-state index is -0.240. The van der Waals surface area contributed by atoms with Crippen LogP contribution in [0.15, 0.2) is 28.7 Å². The predicted molar refractivity (Wildman–Crippen MR) is 75.5 cm³/mol. The zero-order chi connectivity index (χ0) is 13.0. The summed E-state index contributed by atoms with van der Waals surface area (Å²) in [5.74, 6) is 0.210. The van der Waals surface area contributed by atoms with Crippen molar-refractivity contribution in [1.82, 2.24) is 0 Å². The molecule has 1 aromatic rings. The van der Waals surface area contributed by atoms with Crippen molar-refractivity contribution in [2.24, 2.45) is 5.92 Å². The summed E-state index contributed by atoms with van der Waals surface area (Å²) in [5, 5.41) is 3.32. The number of rotatable bonds is 4. The van der Waals surface area contributed by atoms with Crippen LogP contribution in [0.5, 0.6) is 0 Å². The third-order valence-corrected chi connectivity index (χ3v) is 4.20. The molecule has 2 rings (SSSR count). The van der Waals surface area contributed by atoms with Crippen LogP contribution in [-0.2, 0) is 9.53 Å². The Morgan fingerprint density at radius 1 is 1.39 bits per heavy atom. The molecule has 0 radical (unpaired) electrons. The fourth-order valence-corrected chi connectivity index (χ4v) is 2.93. The number of carbonyl (C=O) groups is 1. The summed E-state index contributed by atoms with van der Waals surface area (Å²) in [4.78, 5) is 11.9. The van der Waals surface area contributed by atoms with E-state index in [2.05, 4.69) is 21.2 Å². The van der Waals surface area contributed by atoms with Crippen LogP contribution in [-0.4, -0.2) is 19.1 Å². The predicted octanol–water partition coefficient (Wildman–Crippen LogP) is 3.59. The van der Waals surface area contributed by atoms with Gasteiger partial charge in [-0.2, -0.15) is 0 Å². The average molecular weight is 312 g/mol. The molecule has 0 spiro atoms. The number of methoxy groups -OCH3 is 1. The van der Waals surface area contributed by atoms with Gasteiger partial charge in [-0.05, 0) is 46.8 Å². The maximum Gasteiger partial charge on any atom is 0.328 e. The second kappa shape index (κ2) is 6.23. The number of hydrogen-bond donors (Lipinski definition) is 1. The summed E-state index contributed by atoms with van der Waals surface area (Å²) >= 11 is 3.49. The molecular weight excluding hydrogens is 294 g/mol. The number of para-hydroxylation sites is 1. The Morgan fingerprint density at radius 2 is 2.06 bits per heavy atom. The van der Waals surface area contributed by atoms with Gasteiger partial charge in [0.1, 0.15) is 6.04 Å². The van der Waals surface area contributed by atoms with E-state index in [0.29, 0.717) is 5.92 Å².